The molecule has 3 aromatic rings. The van der Waals surface area contributed by atoms with Gasteiger partial charge in [-0.05, 0) is 67.1 Å². The van der Waals surface area contributed by atoms with Crippen LogP contribution in [0.15, 0.2) is 65.6 Å². The Hall–Kier alpha value is -3.63. The highest BCUT2D eigenvalue weighted by molar-refractivity contribution is 7.92. The summed E-state index contributed by atoms with van der Waals surface area (Å²) < 4.78 is 49.0. The van der Waals surface area contributed by atoms with Crippen molar-refractivity contribution < 1.29 is 32.2 Å². The summed E-state index contributed by atoms with van der Waals surface area (Å²) in [5, 5.41) is 2.88. The number of rotatable bonds is 11. The molecule has 0 aromatic heterocycles. The number of amides is 1. The minimum absolute atomic E-state index is 0.0494. The summed E-state index contributed by atoms with van der Waals surface area (Å²) in [5.74, 6) is 1.53. The van der Waals surface area contributed by atoms with Gasteiger partial charge in [-0.1, -0.05) is 17.7 Å². The van der Waals surface area contributed by atoms with Crippen LogP contribution < -0.4 is 29.0 Å². The highest BCUT2D eigenvalue weighted by Gasteiger charge is 2.18. The van der Waals surface area contributed by atoms with Gasteiger partial charge in [0.25, 0.3) is 15.9 Å². The minimum atomic E-state index is -3.89. The Morgan fingerprint density at radius 3 is 2.17 bits per heavy atom. The summed E-state index contributed by atoms with van der Waals surface area (Å²) in [6.45, 7) is 1.51. The van der Waals surface area contributed by atoms with Gasteiger partial charge in [-0.3, -0.25) is 9.52 Å². The zero-order chi connectivity index (χ0) is 26.3. The van der Waals surface area contributed by atoms with Crippen molar-refractivity contribution >= 4 is 33.2 Å². The van der Waals surface area contributed by atoms with Crippen LogP contribution in [-0.2, 0) is 14.8 Å². The number of ether oxygens (including phenoxy) is 4. The lowest BCUT2D eigenvalue weighted by Crippen LogP contribution is -2.31. The van der Waals surface area contributed by atoms with E-state index in [2.05, 4.69) is 10.0 Å². The fourth-order valence-corrected chi connectivity index (χ4v) is 4.66. The van der Waals surface area contributed by atoms with E-state index in [1.165, 1.54) is 32.4 Å². The lowest BCUT2D eigenvalue weighted by atomic mass is 10.1. The smallest absolute Gasteiger partial charge is 0.261 e. The van der Waals surface area contributed by atoms with Crippen LogP contribution >= 0.6 is 11.6 Å². The second-order valence-corrected chi connectivity index (χ2v) is 9.71. The molecule has 0 heterocycles. The van der Waals surface area contributed by atoms with Crippen LogP contribution in [0.25, 0.3) is 0 Å². The average Bonchev–Trinajstić information content (AvgIpc) is 2.87. The molecule has 1 amide bonds. The Labute approximate surface area is 215 Å². The molecule has 1 unspecified atom stereocenters. The molecule has 0 fully saturated rings. The largest absolute Gasteiger partial charge is 0.497 e. The molecule has 2 N–H and O–H groups in total. The topological polar surface area (TPSA) is 112 Å². The summed E-state index contributed by atoms with van der Waals surface area (Å²) >= 11 is 6.23. The molecule has 36 heavy (non-hydrogen) atoms. The summed E-state index contributed by atoms with van der Waals surface area (Å²) in [6.07, 6.45) is 0. The van der Waals surface area contributed by atoms with Crippen molar-refractivity contribution in [3.8, 4) is 23.0 Å². The molecule has 11 heteroatoms. The molecule has 0 saturated carbocycles. The second-order valence-electron chi connectivity index (χ2n) is 7.62. The molecule has 1 atom stereocenters. The van der Waals surface area contributed by atoms with Gasteiger partial charge in [0.2, 0.25) is 0 Å². The van der Waals surface area contributed by atoms with E-state index in [4.69, 9.17) is 30.5 Å². The van der Waals surface area contributed by atoms with Crippen molar-refractivity contribution in [1.82, 2.24) is 5.32 Å². The lowest BCUT2D eigenvalue weighted by molar-refractivity contribution is -0.123. The van der Waals surface area contributed by atoms with Gasteiger partial charge in [-0.15, -0.1) is 0 Å². The first-order chi connectivity index (χ1) is 17.2. The molecule has 0 aliphatic rings. The van der Waals surface area contributed by atoms with Gasteiger partial charge in [0.1, 0.15) is 11.5 Å². The van der Waals surface area contributed by atoms with Crippen molar-refractivity contribution in [2.75, 3.05) is 32.7 Å². The highest BCUT2D eigenvalue weighted by atomic mass is 35.5. The van der Waals surface area contributed by atoms with Gasteiger partial charge in [-0.2, -0.15) is 0 Å². The maximum Gasteiger partial charge on any atom is 0.261 e. The number of carbonyl (C=O) groups is 1. The predicted octanol–water partition coefficient (Wildman–Crippen LogP) is 4.42. The van der Waals surface area contributed by atoms with Gasteiger partial charge >= 0.3 is 0 Å². The second kappa shape index (κ2) is 11.9. The first kappa shape index (κ1) is 27.0. The van der Waals surface area contributed by atoms with E-state index in [-0.39, 0.29) is 34.2 Å². The Balaban J connectivity index is 1.60. The fraction of sp³-hybridized carbons (Fsp3) is 0.240. The molecule has 0 saturated heterocycles. The molecule has 3 aromatic carbocycles. The number of carbonyl (C=O) groups excluding carboxylic acids is 1. The van der Waals surface area contributed by atoms with Crippen molar-refractivity contribution in [2.24, 2.45) is 0 Å². The zero-order valence-corrected chi connectivity index (χ0v) is 21.8. The first-order valence-corrected chi connectivity index (χ1v) is 12.6. The van der Waals surface area contributed by atoms with Crippen molar-refractivity contribution in [2.45, 2.75) is 17.9 Å². The van der Waals surface area contributed by atoms with Crippen LogP contribution in [0.3, 0.4) is 0 Å². The monoisotopic (exact) mass is 534 g/mol. The molecule has 3 rings (SSSR count). The Kier molecular flexibility index (Phi) is 8.89. The van der Waals surface area contributed by atoms with E-state index in [0.29, 0.717) is 22.9 Å². The summed E-state index contributed by atoms with van der Waals surface area (Å²) in [5.41, 5.74) is 1.19. The third kappa shape index (κ3) is 6.73. The van der Waals surface area contributed by atoms with Crippen molar-refractivity contribution in [3.05, 3.63) is 71.2 Å². The standard InChI is InChI=1S/C25H27ClN2O7S/c1-16(17-5-11-23(33-3)24(13-17)34-4)27-25(29)15-35-22-12-10-20(14-21(22)26)36(30,31)28-18-6-8-19(32-2)9-7-18/h5-14,16,28H,15H2,1-4H3,(H,27,29). The number of anilines is 1. The molecule has 0 radical (unpaired) electrons. The van der Waals surface area contributed by atoms with E-state index in [9.17, 15) is 13.2 Å². The predicted molar refractivity (Wildman–Crippen MR) is 137 cm³/mol. The van der Waals surface area contributed by atoms with Crippen molar-refractivity contribution in [3.63, 3.8) is 0 Å². The Morgan fingerprint density at radius 2 is 1.56 bits per heavy atom. The van der Waals surface area contributed by atoms with Gasteiger partial charge in [0.05, 0.1) is 37.3 Å². The number of halogens is 1. The molecular weight excluding hydrogens is 508 g/mol. The number of hydrogen-bond donors (Lipinski definition) is 2. The third-order valence-corrected chi connectivity index (χ3v) is 6.87. The number of nitrogens with one attached hydrogen (secondary N) is 2. The van der Waals surface area contributed by atoms with Crippen LogP contribution in [0.1, 0.15) is 18.5 Å². The van der Waals surface area contributed by atoms with Gasteiger partial charge in [0, 0.05) is 5.69 Å². The van der Waals surface area contributed by atoms with Crippen LogP contribution in [0, 0.1) is 0 Å². The molecular formula is C25H27ClN2O7S. The number of benzene rings is 3. The van der Waals surface area contributed by atoms with Crippen LogP contribution in [-0.4, -0.2) is 42.3 Å². The summed E-state index contributed by atoms with van der Waals surface area (Å²) in [4.78, 5) is 12.4. The first-order valence-electron chi connectivity index (χ1n) is 10.8. The summed E-state index contributed by atoms with van der Waals surface area (Å²) in [6, 6.07) is 15.5. The van der Waals surface area contributed by atoms with E-state index >= 15 is 0 Å². The van der Waals surface area contributed by atoms with Crippen LogP contribution in [0.5, 0.6) is 23.0 Å². The Morgan fingerprint density at radius 1 is 0.889 bits per heavy atom. The number of methoxy groups -OCH3 is 3. The number of hydrogen-bond acceptors (Lipinski definition) is 7. The molecule has 192 valence electrons. The van der Waals surface area contributed by atoms with E-state index in [0.717, 1.165) is 5.56 Å². The molecule has 9 nitrogen and oxygen atoms in total. The van der Waals surface area contributed by atoms with E-state index < -0.39 is 10.0 Å². The molecule has 0 aliphatic carbocycles. The lowest BCUT2D eigenvalue weighted by Gasteiger charge is -2.17. The van der Waals surface area contributed by atoms with Gasteiger partial charge in [0.15, 0.2) is 18.1 Å². The van der Waals surface area contributed by atoms with Gasteiger partial charge in [-0.25, -0.2) is 8.42 Å². The average molecular weight is 535 g/mol. The zero-order valence-electron chi connectivity index (χ0n) is 20.2. The number of sulfonamides is 1. The maximum absolute atomic E-state index is 12.7. The fourth-order valence-electron chi connectivity index (χ4n) is 3.27. The molecule has 0 aliphatic heterocycles. The molecule has 0 bridgehead atoms. The van der Waals surface area contributed by atoms with Crippen LogP contribution in [0.2, 0.25) is 5.02 Å². The molecule has 0 spiro atoms. The maximum atomic E-state index is 12.7. The van der Waals surface area contributed by atoms with Crippen molar-refractivity contribution in [1.29, 1.82) is 0 Å². The van der Waals surface area contributed by atoms with E-state index in [1.807, 2.05) is 13.0 Å². The third-order valence-electron chi connectivity index (χ3n) is 5.20. The van der Waals surface area contributed by atoms with Crippen LogP contribution in [0.4, 0.5) is 5.69 Å². The SMILES string of the molecule is COc1ccc(NS(=O)(=O)c2ccc(OCC(=O)NC(C)c3ccc(OC)c(OC)c3)c(Cl)c2)cc1. The highest BCUT2D eigenvalue weighted by Crippen LogP contribution is 2.30. The summed E-state index contributed by atoms with van der Waals surface area (Å²) in [7, 11) is 0.713. The van der Waals surface area contributed by atoms with Gasteiger partial charge < -0.3 is 24.3 Å². The normalized spacial score (nSPS) is 11.8. The minimum Gasteiger partial charge on any atom is -0.497 e. The quantitative estimate of drug-likeness (QED) is 0.374. The Bertz CT molecular complexity index is 1310. The van der Waals surface area contributed by atoms with E-state index in [1.54, 1.807) is 43.5 Å².